The summed E-state index contributed by atoms with van der Waals surface area (Å²) in [5.74, 6) is 0.725. The van der Waals surface area contributed by atoms with Crippen molar-refractivity contribution in [1.29, 1.82) is 0 Å². The Bertz CT molecular complexity index is 529. The van der Waals surface area contributed by atoms with Crippen molar-refractivity contribution in [2.75, 3.05) is 12.4 Å². The Kier molecular flexibility index (Phi) is 3.53. The second-order valence-electron chi connectivity index (χ2n) is 7.35. The smallest absolute Gasteiger partial charge is 0.251 e. The first kappa shape index (κ1) is 14.8. The van der Waals surface area contributed by atoms with E-state index >= 15 is 0 Å². The van der Waals surface area contributed by atoms with Crippen LogP contribution in [0.2, 0.25) is 0 Å². The number of hydrogen-bond donors (Lipinski definition) is 2. The predicted molar refractivity (Wildman–Crippen MR) is 82.1 cm³/mol. The molecule has 1 aliphatic rings. The van der Waals surface area contributed by atoms with Crippen LogP contribution in [0.3, 0.4) is 0 Å². The molecule has 1 fully saturated rings. The van der Waals surface area contributed by atoms with Gasteiger partial charge in [0.1, 0.15) is 5.82 Å². The molecular weight excluding hydrogens is 250 g/mol. The van der Waals surface area contributed by atoms with E-state index < -0.39 is 0 Å². The summed E-state index contributed by atoms with van der Waals surface area (Å²) in [5, 5.41) is 6.12. The Labute approximate surface area is 121 Å². The Morgan fingerprint density at radius 3 is 2.40 bits per heavy atom. The fourth-order valence-electron chi connectivity index (χ4n) is 2.13. The molecule has 0 aromatic carbocycles. The van der Waals surface area contributed by atoms with Crippen molar-refractivity contribution in [2.45, 2.75) is 52.5 Å². The summed E-state index contributed by atoms with van der Waals surface area (Å²) in [4.78, 5) is 16.9. The Balaban J connectivity index is 2.24. The minimum atomic E-state index is -0.0826. The summed E-state index contributed by atoms with van der Waals surface area (Å²) in [6.07, 6.45) is 1.05. The van der Waals surface area contributed by atoms with E-state index in [1.54, 1.807) is 6.07 Å². The van der Waals surface area contributed by atoms with Gasteiger partial charge in [-0.25, -0.2) is 4.98 Å². The molecule has 0 aliphatic heterocycles. The van der Waals surface area contributed by atoms with Gasteiger partial charge in [-0.15, -0.1) is 0 Å². The average molecular weight is 275 g/mol. The van der Waals surface area contributed by atoms with Crippen LogP contribution in [0.5, 0.6) is 0 Å². The van der Waals surface area contributed by atoms with E-state index in [1.807, 2.05) is 13.1 Å². The molecule has 0 bridgehead atoms. The standard InChI is InChI=1S/C16H25N3O/c1-15(2,3)11-7-10(8-13(17-6)18-11)14(20)19-12-9-16(12,4)5/h7-8,12H,9H2,1-6H3,(H,17,18)(H,19,20). The van der Waals surface area contributed by atoms with Gasteiger partial charge in [-0.1, -0.05) is 34.6 Å². The van der Waals surface area contributed by atoms with E-state index in [9.17, 15) is 4.79 Å². The van der Waals surface area contributed by atoms with Gasteiger partial charge in [0.05, 0.1) is 0 Å². The molecule has 0 spiro atoms. The number of nitrogens with zero attached hydrogens (tertiary/aromatic N) is 1. The Morgan fingerprint density at radius 1 is 1.35 bits per heavy atom. The van der Waals surface area contributed by atoms with Crippen molar-refractivity contribution < 1.29 is 4.79 Å². The number of hydrogen-bond acceptors (Lipinski definition) is 3. The van der Waals surface area contributed by atoms with Crippen LogP contribution >= 0.6 is 0 Å². The van der Waals surface area contributed by atoms with Gasteiger partial charge >= 0.3 is 0 Å². The molecule has 1 unspecified atom stereocenters. The van der Waals surface area contributed by atoms with Crippen molar-refractivity contribution in [3.8, 4) is 0 Å². The number of rotatable bonds is 3. The first-order chi connectivity index (χ1) is 9.13. The summed E-state index contributed by atoms with van der Waals surface area (Å²) >= 11 is 0. The molecule has 0 saturated heterocycles. The zero-order valence-electron chi connectivity index (χ0n) is 13.3. The van der Waals surface area contributed by atoms with Crippen LogP contribution in [0.1, 0.15) is 57.1 Å². The fraction of sp³-hybridized carbons (Fsp3) is 0.625. The molecule has 1 amide bonds. The molecule has 4 heteroatoms. The van der Waals surface area contributed by atoms with E-state index in [1.165, 1.54) is 0 Å². The largest absolute Gasteiger partial charge is 0.373 e. The van der Waals surface area contributed by atoms with E-state index in [0.29, 0.717) is 11.6 Å². The molecule has 1 heterocycles. The highest BCUT2D eigenvalue weighted by molar-refractivity contribution is 5.95. The van der Waals surface area contributed by atoms with Crippen molar-refractivity contribution in [2.24, 2.45) is 5.41 Å². The third kappa shape index (κ3) is 3.11. The van der Waals surface area contributed by atoms with Crippen LogP contribution in [-0.2, 0) is 5.41 Å². The highest BCUT2D eigenvalue weighted by atomic mass is 16.1. The normalized spacial score (nSPS) is 20.4. The summed E-state index contributed by atoms with van der Waals surface area (Å²) in [7, 11) is 1.82. The topological polar surface area (TPSA) is 54.0 Å². The lowest BCUT2D eigenvalue weighted by molar-refractivity contribution is 0.0946. The maximum absolute atomic E-state index is 12.4. The van der Waals surface area contributed by atoms with Crippen LogP contribution in [-0.4, -0.2) is 24.0 Å². The lowest BCUT2D eigenvalue weighted by Crippen LogP contribution is -2.29. The summed E-state index contributed by atoms with van der Waals surface area (Å²) in [6.45, 7) is 10.6. The average Bonchev–Trinajstić information content (AvgIpc) is 2.94. The maximum atomic E-state index is 12.4. The second kappa shape index (κ2) is 4.76. The van der Waals surface area contributed by atoms with Gasteiger partial charge in [-0.05, 0) is 24.0 Å². The zero-order valence-corrected chi connectivity index (χ0v) is 13.3. The molecular formula is C16H25N3O. The van der Waals surface area contributed by atoms with Crippen molar-refractivity contribution in [3.63, 3.8) is 0 Å². The highest BCUT2D eigenvalue weighted by Crippen LogP contribution is 2.44. The molecule has 1 atom stereocenters. The van der Waals surface area contributed by atoms with Gasteiger partial charge in [0.15, 0.2) is 0 Å². The van der Waals surface area contributed by atoms with Crippen LogP contribution < -0.4 is 10.6 Å². The van der Waals surface area contributed by atoms with Crippen molar-refractivity contribution in [3.05, 3.63) is 23.4 Å². The molecule has 2 N–H and O–H groups in total. The van der Waals surface area contributed by atoms with Crippen molar-refractivity contribution in [1.82, 2.24) is 10.3 Å². The number of amides is 1. The Hall–Kier alpha value is -1.58. The monoisotopic (exact) mass is 275 g/mol. The van der Waals surface area contributed by atoms with Gasteiger partial charge in [0.2, 0.25) is 0 Å². The Morgan fingerprint density at radius 2 is 1.95 bits per heavy atom. The molecule has 110 valence electrons. The molecule has 4 nitrogen and oxygen atoms in total. The number of aromatic nitrogens is 1. The first-order valence-electron chi connectivity index (χ1n) is 7.15. The molecule has 1 aromatic heterocycles. The number of nitrogens with one attached hydrogen (secondary N) is 2. The molecule has 0 radical (unpaired) electrons. The fourth-order valence-corrected chi connectivity index (χ4v) is 2.13. The molecule has 1 aliphatic carbocycles. The lowest BCUT2D eigenvalue weighted by Gasteiger charge is -2.20. The van der Waals surface area contributed by atoms with E-state index in [4.69, 9.17) is 0 Å². The summed E-state index contributed by atoms with van der Waals surface area (Å²) in [5.41, 5.74) is 1.75. The quantitative estimate of drug-likeness (QED) is 0.891. The van der Waals surface area contributed by atoms with E-state index in [-0.39, 0.29) is 16.7 Å². The number of pyridine rings is 1. The first-order valence-corrected chi connectivity index (χ1v) is 7.15. The van der Waals surface area contributed by atoms with Crippen LogP contribution in [0.15, 0.2) is 12.1 Å². The molecule has 1 saturated carbocycles. The van der Waals surface area contributed by atoms with Gasteiger partial charge in [-0.2, -0.15) is 0 Å². The minimum absolute atomic E-state index is 0.00928. The van der Waals surface area contributed by atoms with Gasteiger partial charge < -0.3 is 10.6 Å². The number of carbonyl (C=O) groups excluding carboxylic acids is 1. The number of carbonyl (C=O) groups is 1. The SMILES string of the molecule is CNc1cc(C(=O)NC2CC2(C)C)cc(C(C)(C)C)n1. The van der Waals surface area contributed by atoms with Crippen LogP contribution in [0.25, 0.3) is 0 Å². The molecule has 1 aromatic rings. The third-order valence-corrected chi connectivity index (χ3v) is 3.93. The summed E-state index contributed by atoms with van der Waals surface area (Å²) in [6, 6.07) is 3.99. The molecule has 20 heavy (non-hydrogen) atoms. The van der Waals surface area contributed by atoms with Crippen molar-refractivity contribution >= 4 is 11.7 Å². The van der Waals surface area contributed by atoms with Gasteiger partial charge in [0.25, 0.3) is 5.91 Å². The zero-order chi connectivity index (χ0) is 15.1. The van der Waals surface area contributed by atoms with E-state index in [0.717, 1.165) is 17.9 Å². The van der Waals surface area contributed by atoms with Crippen LogP contribution in [0, 0.1) is 5.41 Å². The minimum Gasteiger partial charge on any atom is -0.373 e. The van der Waals surface area contributed by atoms with Crippen LogP contribution in [0.4, 0.5) is 5.82 Å². The predicted octanol–water partition coefficient (Wildman–Crippen LogP) is 2.95. The highest BCUT2D eigenvalue weighted by Gasteiger charge is 2.46. The van der Waals surface area contributed by atoms with Gasteiger partial charge in [-0.3, -0.25) is 4.79 Å². The second-order valence-corrected chi connectivity index (χ2v) is 7.35. The lowest BCUT2D eigenvalue weighted by atomic mass is 9.90. The van der Waals surface area contributed by atoms with E-state index in [2.05, 4.69) is 50.2 Å². The van der Waals surface area contributed by atoms with Gasteiger partial charge in [0, 0.05) is 29.8 Å². The molecule has 2 rings (SSSR count). The third-order valence-electron chi connectivity index (χ3n) is 3.93. The number of anilines is 1. The summed E-state index contributed by atoms with van der Waals surface area (Å²) < 4.78 is 0. The maximum Gasteiger partial charge on any atom is 0.251 e.